The van der Waals surface area contributed by atoms with Crippen LogP contribution in [0, 0.1) is 0 Å². The third kappa shape index (κ3) is 3.90. The second-order valence-electron chi connectivity index (χ2n) is 5.83. The van der Waals surface area contributed by atoms with Gasteiger partial charge in [-0.15, -0.1) is 0 Å². The zero-order valence-electron chi connectivity index (χ0n) is 15.8. The van der Waals surface area contributed by atoms with Crippen LogP contribution >= 0.6 is 11.8 Å². The summed E-state index contributed by atoms with van der Waals surface area (Å²) in [5.41, 5.74) is 0.950. The number of benzene rings is 2. The number of anilines is 1. The Balaban J connectivity index is 1.95. The zero-order valence-corrected chi connectivity index (χ0v) is 16.6. The lowest BCUT2D eigenvalue weighted by Gasteiger charge is -2.13. The van der Waals surface area contributed by atoms with Crippen LogP contribution in [0.4, 0.5) is 10.5 Å². The van der Waals surface area contributed by atoms with Gasteiger partial charge in [-0.2, -0.15) is 0 Å². The number of ether oxygens (including phenoxy) is 3. The van der Waals surface area contributed by atoms with E-state index >= 15 is 0 Å². The van der Waals surface area contributed by atoms with E-state index in [2.05, 4.69) is 0 Å². The third-order valence-corrected chi connectivity index (χ3v) is 5.02. The Morgan fingerprint density at radius 3 is 2.07 bits per heavy atom. The maximum atomic E-state index is 12.8. The number of imide groups is 1. The topological polar surface area (TPSA) is 102 Å². The zero-order chi connectivity index (χ0) is 21.1. The van der Waals surface area contributed by atoms with Gasteiger partial charge in [-0.1, -0.05) is 0 Å². The summed E-state index contributed by atoms with van der Waals surface area (Å²) in [6, 6.07) is 8.84. The minimum atomic E-state index is -1.09. The van der Waals surface area contributed by atoms with E-state index < -0.39 is 17.1 Å². The van der Waals surface area contributed by atoms with Crippen molar-refractivity contribution in [3.63, 3.8) is 0 Å². The van der Waals surface area contributed by atoms with Crippen molar-refractivity contribution < 1.29 is 33.7 Å². The molecule has 3 rings (SSSR count). The van der Waals surface area contributed by atoms with Crippen molar-refractivity contribution in [1.82, 2.24) is 0 Å². The molecule has 0 radical (unpaired) electrons. The molecular weight excluding hydrogens is 398 g/mol. The van der Waals surface area contributed by atoms with E-state index in [9.17, 15) is 14.4 Å². The molecule has 1 saturated heterocycles. The first-order chi connectivity index (χ1) is 13.9. The van der Waals surface area contributed by atoms with E-state index in [1.807, 2.05) is 0 Å². The number of methoxy groups -OCH3 is 3. The van der Waals surface area contributed by atoms with Crippen molar-refractivity contribution in [2.24, 2.45) is 0 Å². The lowest BCUT2D eigenvalue weighted by Crippen LogP contribution is -2.27. The van der Waals surface area contributed by atoms with Crippen molar-refractivity contribution in [2.75, 3.05) is 26.2 Å². The molecule has 0 aromatic heterocycles. The van der Waals surface area contributed by atoms with Crippen LogP contribution < -0.4 is 19.1 Å². The number of carboxylic acids is 1. The second kappa shape index (κ2) is 8.27. The number of nitrogens with zero attached hydrogens (tertiary/aromatic N) is 1. The van der Waals surface area contributed by atoms with Crippen LogP contribution in [-0.4, -0.2) is 43.6 Å². The summed E-state index contributed by atoms with van der Waals surface area (Å²) in [7, 11) is 4.45. The summed E-state index contributed by atoms with van der Waals surface area (Å²) in [5, 5.41) is 8.51. The van der Waals surface area contributed by atoms with Crippen LogP contribution in [0.3, 0.4) is 0 Å². The summed E-state index contributed by atoms with van der Waals surface area (Å²) in [4.78, 5) is 37.4. The largest absolute Gasteiger partial charge is 0.493 e. The molecule has 150 valence electrons. The molecule has 0 saturated carbocycles. The van der Waals surface area contributed by atoms with Gasteiger partial charge in [-0.3, -0.25) is 9.59 Å². The van der Waals surface area contributed by atoms with Crippen LogP contribution in [0.25, 0.3) is 6.08 Å². The first-order valence-corrected chi connectivity index (χ1v) is 9.12. The summed E-state index contributed by atoms with van der Waals surface area (Å²) in [6.45, 7) is 0. The van der Waals surface area contributed by atoms with Gasteiger partial charge in [-0.25, -0.2) is 9.69 Å². The van der Waals surface area contributed by atoms with Gasteiger partial charge in [0.05, 0.1) is 37.5 Å². The number of aromatic carboxylic acids is 1. The van der Waals surface area contributed by atoms with Gasteiger partial charge in [0.1, 0.15) is 0 Å². The molecule has 2 aromatic carbocycles. The van der Waals surface area contributed by atoms with E-state index in [0.717, 1.165) is 16.7 Å². The third-order valence-electron chi connectivity index (χ3n) is 4.15. The number of hydrogen-bond acceptors (Lipinski definition) is 7. The van der Waals surface area contributed by atoms with Gasteiger partial charge in [-0.05, 0) is 59.8 Å². The number of carboxylic acid groups (broad SMARTS) is 1. The molecule has 0 unspecified atom stereocenters. The fraction of sp³-hybridized carbons (Fsp3) is 0.150. The van der Waals surface area contributed by atoms with Gasteiger partial charge < -0.3 is 19.3 Å². The number of rotatable bonds is 6. The Morgan fingerprint density at radius 2 is 1.59 bits per heavy atom. The van der Waals surface area contributed by atoms with Gasteiger partial charge in [0.2, 0.25) is 5.75 Å². The highest BCUT2D eigenvalue weighted by Gasteiger charge is 2.36. The van der Waals surface area contributed by atoms with Crippen LogP contribution in [0.2, 0.25) is 0 Å². The predicted octanol–water partition coefficient (Wildman–Crippen LogP) is 3.65. The van der Waals surface area contributed by atoms with Crippen LogP contribution in [0.15, 0.2) is 41.3 Å². The average Bonchev–Trinajstić information content (AvgIpc) is 3.00. The van der Waals surface area contributed by atoms with Crippen LogP contribution in [0.1, 0.15) is 15.9 Å². The van der Waals surface area contributed by atoms with Gasteiger partial charge >= 0.3 is 5.97 Å². The van der Waals surface area contributed by atoms with Crippen molar-refractivity contribution >= 4 is 40.6 Å². The van der Waals surface area contributed by atoms with E-state index in [1.165, 1.54) is 45.6 Å². The Labute approximate surface area is 170 Å². The normalized spacial score (nSPS) is 15.0. The predicted molar refractivity (Wildman–Crippen MR) is 108 cm³/mol. The highest BCUT2D eigenvalue weighted by atomic mass is 32.2. The smallest absolute Gasteiger partial charge is 0.335 e. The van der Waals surface area contributed by atoms with E-state index in [4.69, 9.17) is 19.3 Å². The first-order valence-electron chi connectivity index (χ1n) is 8.31. The van der Waals surface area contributed by atoms with Crippen molar-refractivity contribution in [3.8, 4) is 17.2 Å². The molecule has 0 aliphatic carbocycles. The average molecular weight is 415 g/mol. The summed E-state index contributed by atoms with van der Waals surface area (Å²) < 4.78 is 15.9. The molecule has 0 atom stereocenters. The molecular formula is C20H17NO7S. The van der Waals surface area contributed by atoms with E-state index in [1.54, 1.807) is 18.2 Å². The fourth-order valence-electron chi connectivity index (χ4n) is 2.78. The van der Waals surface area contributed by atoms with Crippen molar-refractivity contribution in [1.29, 1.82) is 0 Å². The molecule has 1 aliphatic rings. The molecule has 8 nitrogen and oxygen atoms in total. The molecule has 1 heterocycles. The van der Waals surface area contributed by atoms with Gasteiger partial charge in [0.25, 0.3) is 11.1 Å². The number of thioether (sulfide) groups is 1. The number of carbonyl (C=O) groups excluding carboxylic acids is 2. The van der Waals surface area contributed by atoms with E-state index in [-0.39, 0.29) is 10.5 Å². The van der Waals surface area contributed by atoms with E-state index in [0.29, 0.717) is 28.5 Å². The number of hydrogen-bond donors (Lipinski definition) is 1. The quantitative estimate of drug-likeness (QED) is 0.714. The molecule has 2 amide bonds. The molecule has 2 aromatic rings. The minimum absolute atomic E-state index is 0.0636. The Morgan fingerprint density at radius 1 is 1.00 bits per heavy atom. The van der Waals surface area contributed by atoms with Crippen molar-refractivity contribution in [3.05, 3.63) is 52.4 Å². The highest BCUT2D eigenvalue weighted by molar-refractivity contribution is 8.19. The standard InChI is InChI=1S/C20H17NO7S/c1-26-14-8-11(9-15(27-2)17(14)28-3)10-16-18(22)21(20(25)29-16)13-6-4-12(5-7-13)19(23)24/h4-10H,1-3H3,(H,23,24)/b16-10-. The van der Waals surface area contributed by atoms with Crippen LogP contribution in [0.5, 0.6) is 17.2 Å². The second-order valence-corrected chi connectivity index (χ2v) is 6.82. The summed E-state index contributed by atoms with van der Waals surface area (Å²) in [6.07, 6.45) is 1.56. The molecule has 1 aliphatic heterocycles. The Hall–Kier alpha value is -3.46. The maximum Gasteiger partial charge on any atom is 0.335 e. The Kier molecular flexibility index (Phi) is 5.79. The number of amides is 2. The molecule has 1 N–H and O–H groups in total. The molecule has 29 heavy (non-hydrogen) atoms. The lowest BCUT2D eigenvalue weighted by molar-refractivity contribution is -0.113. The fourth-order valence-corrected chi connectivity index (χ4v) is 3.62. The Bertz CT molecular complexity index is 989. The number of carbonyl (C=O) groups is 3. The minimum Gasteiger partial charge on any atom is -0.493 e. The van der Waals surface area contributed by atoms with Crippen molar-refractivity contribution in [2.45, 2.75) is 0 Å². The van der Waals surface area contributed by atoms with Gasteiger partial charge in [0, 0.05) is 0 Å². The SMILES string of the molecule is COc1cc(/C=C2\SC(=O)N(c3ccc(C(=O)O)cc3)C2=O)cc(OC)c1OC. The molecule has 9 heteroatoms. The molecule has 0 spiro atoms. The summed E-state index contributed by atoms with van der Waals surface area (Å²) >= 11 is 0.788. The highest BCUT2D eigenvalue weighted by Crippen LogP contribution is 2.41. The van der Waals surface area contributed by atoms with Gasteiger partial charge in [0.15, 0.2) is 11.5 Å². The monoisotopic (exact) mass is 415 g/mol. The van der Waals surface area contributed by atoms with Crippen LogP contribution in [-0.2, 0) is 4.79 Å². The molecule has 1 fully saturated rings. The first kappa shape index (κ1) is 20.3. The lowest BCUT2D eigenvalue weighted by atomic mass is 10.1. The molecule has 0 bridgehead atoms. The maximum absolute atomic E-state index is 12.8. The summed E-state index contributed by atoms with van der Waals surface area (Å²) in [5.74, 6) is -0.341.